The van der Waals surface area contributed by atoms with E-state index in [-0.39, 0.29) is 12.5 Å². The first kappa shape index (κ1) is 31.7. The maximum absolute atomic E-state index is 14.1. The lowest BCUT2D eigenvalue weighted by molar-refractivity contribution is -0.147. The topological polar surface area (TPSA) is 71.2 Å². The van der Waals surface area contributed by atoms with E-state index in [1.54, 1.807) is 13.8 Å². The number of carboxylic acids is 1. The van der Waals surface area contributed by atoms with Crippen LogP contribution in [-0.4, -0.2) is 37.5 Å². The highest BCUT2D eigenvalue weighted by molar-refractivity contribution is 5.82. The third-order valence-corrected chi connectivity index (χ3v) is 9.53. The molecule has 1 N–H and O–H groups in total. The third kappa shape index (κ3) is 5.86. The number of hydrogen-bond acceptors (Lipinski definition) is 4. The van der Waals surface area contributed by atoms with E-state index in [1.165, 1.54) is 12.1 Å². The molecule has 9 heteroatoms. The summed E-state index contributed by atoms with van der Waals surface area (Å²) in [5.41, 5.74) is 5.65. The van der Waals surface area contributed by atoms with Crippen molar-refractivity contribution in [2.75, 3.05) is 6.54 Å². The molecule has 1 aromatic heterocycles. The number of aryl methyl sites for hydroxylation is 3. The second-order valence-corrected chi connectivity index (χ2v) is 12.8. The highest BCUT2D eigenvalue weighted by Crippen LogP contribution is 2.44. The zero-order valence-corrected chi connectivity index (χ0v) is 26.3. The fourth-order valence-electron chi connectivity index (χ4n) is 6.82. The van der Waals surface area contributed by atoms with Crippen molar-refractivity contribution in [3.8, 4) is 0 Å². The fraction of sp³-hybridized carbons (Fsp3) is 0.457. The molecule has 44 heavy (non-hydrogen) atoms. The molecule has 0 saturated heterocycles. The number of carbonyl (C=O) groups is 1. The first-order valence-corrected chi connectivity index (χ1v) is 15.3. The lowest BCUT2D eigenvalue weighted by Crippen LogP contribution is -2.33. The Labute approximate surface area is 256 Å². The number of alkyl halides is 3. The highest BCUT2D eigenvalue weighted by Gasteiger charge is 2.41. The molecule has 0 amide bonds. The molecular weight excluding hydrogens is 565 g/mol. The lowest BCUT2D eigenvalue weighted by Gasteiger charge is -2.33. The Morgan fingerprint density at radius 3 is 2.50 bits per heavy atom. The average Bonchev–Trinajstić information content (AvgIpc) is 3.30. The van der Waals surface area contributed by atoms with Crippen molar-refractivity contribution >= 4 is 17.0 Å². The van der Waals surface area contributed by atoms with E-state index in [9.17, 15) is 23.1 Å². The quantitative estimate of drug-likeness (QED) is 0.221. The van der Waals surface area contributed by atoms with Gasteiger partial charge in [0.05, 0.1) is 16.5 Å². The largest absolute Gasteiger partial charge is 0.481 e. The van der Waals surface area contributed by atoms with Gasteiger partial charge in [0.25, 0.3) is 0 Å². The molecule has 6 nitrogen and oxygen atoms in total. The molecule has 3 aromatic carbocycles. The van der Waals surface area contributed by atoms with Gasteiger partial charge in [0, 0.05) is 32.1 Å². The Hall–Kier alpha value is -3.72. The third-order valence-electron chi connectivity index (χ3n) is 9.53. The number of hydrogen-bond donors (Lipinski definition) is 1. The van der Waals surface area contributed by atoms with Gasteiger partial charge in [-0.3, -0.25) is 9.69 Å². The van der Waals surface area contributed by atoms with Crippen LogP contribution in [0.4, 0.5) is 13.2 Å². The Kier molecular flexibility index (Phi) is 8.64. The normalized spacial score (nSPS) is 17.0. The van der Waals surface area contributed by atoms with E-state index < -0.39 is 29.0 Å². The molecule has 1 aliphatic rings. The van der Waals surface area contributed by atoms with Crippen molar-refractivity contribution in [2.45, 2.75) is 86.1 Å². The number of halogens is 3. The van der Waals surface area contributed by atoms with E-state index in [4.69, 9.17) is 0 Å². The van der Waals surface area contributed by atoms with Crippen LogP contribution >= 0.6 is 0 Å². The van der Waals surface area contributed by atoms with Crippen molar-refractivity contribution < 1.29 is 23.1 Å². The number of rotatable bonds is 8. The van der Waals surface area contributed by atoms with Crippen LogP contribution in [0, 0.1) is 25.2 Å². The Morgan fingerprint density at radius 1 is 1.09 bits per heavy atom. The van der Waals surface area contributed by atoms with E-state index in [1.807, 2.05) is 55.8 Å². The van der Waals surface area contributed by atoms with Gasteiger partial charge in [-0.25, -0.2) is 4.68 Å². The molecule has 5 rings (SSSR count). The molecule has 0 spiro atoms. The maximum Gasteiger partial charge on any atom is 0.416 e. The summed E-state index contributed by atoms with van der Waals surface area (Å²) in [6.45, 7) is 13.5. The molecule has 0 saturated carbocycles. The van der Waals surface area contributed by atoms with Crippen LogP contribution in [0.15, 0.2) is 48.5 Å². The molecule has 0 bridgehead atoms. The summed E-state index contributed by atoms with van der Waals surface area (Å²) < 4.78 is 44.0. The second kappa shape index (κ2) is 12.0. The molecule has 0 fully saturated rings. The molecule has 1 aliphatic heterocycles. The number of fused-ring (bicyclic) bond motifs is 2. The summed E-state index contributed by atoms with van der Waals surface area (Å²) in [6, 6.07) is 14.5. The SMILES string of the molecule is CC[C@H]1Cc2cccc(C(F)(F)F)c2CN(Cc2cc(C(c3ccc4c(nnn4CC)c3C)C(C)(C)C(=O)O)ccc2C)C1. The highest BCUT2D eigenvalue weighted by atomic mass is 19.4. The first-order chi connectivity index (χ1) is 20.8. The van der Waals surface area contributed by atoms with Gasteiger partial charge in [0.2, 0.25) is 0 Å². The van der Waals surface area contributed by atoms with E-state index >= 15 is 0 Å². The van der Waals surface area contributed by atoms with Crippen molar-refractivity contribution in [1.29, 1.82) is 0 Å². The van der Waals surface area contributed by atoms with Gasteiger partial charge >= 0.3 is 12.1 Å². The minimum atomic E-state index is -4.42. The lowest BCUT2D eigenvalue weighted by atomic mass is 9.69. The minimum absolute atomic E-state index is 0.206. The number of aliphatic carboxylic acids is 1. The molecule has 234 valence electrons. The Balaban J connectivity index is 1.58. The van der Waals surface area contributed by atoms with Crippen LogP contribution in [0.2, 0.25) is 0 Å². The summed E-state index contributed by atoms with van der Waals surface area (Å²) >= 11 is 0. The molecule has 0 aliphatic carbocycles. The Morgan fingerprint density at radius 2 is 1.84 bits per heavy atom. The number of carboxylic acid groups (broad SMARTS) is 1. The van der Waals surface area contributed by atoms with Gasteiger partial charge in [0.1, 0.15) is 5.52 Å². The summed E-state index contributed by atoms with van der Waals surface area (Å²) in [7, 11) is 0. The van der Waals surface area contributed by atoms with Gasteiger partial charge in [-0.15, -0.1) is 5.10 Å². The average molecular weight is 607 g/mol. The second-order valence-electron chi connectivity index (χ2n) is 12.8. The van der Waals surface area contributed by atoms with Crippen LogP contribution in [0.5, 0.6) is 0 Å². The first-order valence-electron chi connectivity index (χ1n) is 15.3. The standard InChI is InChI=1S/C35H41F3N4O2/c1-7-23-16-24-10-9-11-29(35(36,37)38)28(24)20-41(18-23)19-26-17-25(13-12-21(26)3)31(34(5,6)33(43)44)27-14-15-30-32(22(27)4)39-40-42(30)8-2/h9-15,17,23,31H,7-8,16,18-20H2,1-6H3,(H,43,44)/t23-,31?/m0/s1. The molecule has 0 radical (unpaired) electrons. The summed E-state index contributed by atoms with van der Waals surface area (Å²) in [6.07, 6.45) is -2.94. The predicted molar refractivity (Wildman–Crippen MR) is 165 cm³/mol. The van der Waals surface area contributed by atoms with Gasteiger partial charge in [0.15, 0.2) is 0 Å². The van der Waals surface area contributed by atoms with Crippen LogP contribution in [-0.2, 0) is 37.0 Å². The van der Waals surface area contributed by atoms with Gasteiger partial charge in [-0.05, 0) is 98.0 Å². The van der Waals surface area contributed by atoms with E-state index in [0.29, 0.717) is 31.6 Å². The van der Waals surface area contributed by atoms with Gasteiger partial charge < -0.3 is 5.11 Å². The van der Waals surface area contributed by atoms with Gasteiger partial charge in [-0.2, -0.15) is 13.2 Å². The molecule has 1 unspecified atom stereocenters. The minimum Gasteiger partial charge on any atom is -0.481 e. The number of benzene rings is 3. The number of aromatic nitrogens is 3. The van der Waals surface area contributed by atoms with Crippen molar-refractivity contribution in [3.63, 3.8) is 0 Å². The zero-order valence-electron chi connectivity index (χ0n) is 26.3. The van der Waals surface area contributed by atoms with Crippen LogP contribution < -0.4 is 0 Å². The fourth-order valence-corrected chi connectivity index (χ4v) is 6.82. The molecular formula is C35H41F3N4O2. The van der Waals surface area contributed by atoms with Crippen molar-refractivity contribution in [3.05, 3.63) is 93.0 Å². The maximum atomic E-state index is 14.1. The number of nitrogens with zero attached hydrogens (tertiary/aromatic N) is 4. The molecule has 2 heterocycles. The van der Waals surface area contributed by atoms with Crippen molar-refractivity contribution in [1.82, 2.24) is 19.9 Å². The van der Waals surface area contributed by atoms with Crippen LogP contribution in [0.25, 0.3) is 11.0 Å². The molecule has 2 atom stereocenters. The summed E-state index contributed by atoms with van der Waals surface area (Å²) in [4.78, 5) is 14.8. The van der Waals surface area contributed by atoms with E-state index in [2.05, 4.69) is 28.2 Å². The van der Waals surface area contributed by atoms with Crippen LogP contribution in [0.3, 0.4) is 0 Å². The van der Waals surface area contributed by atoms with Crippen LogP contribution in [0.1, 0.15) is 84.5 Å². The summed E-state index contributed by atoms with van der Waals surface area (Å²) in [5.74, 6) is -1.19. The Bertz CT molecular complexity index is 1690. The van der Waals surface area contributed by atoms with E-state index in [0.717, 1.165) is 50.8 Å². The van der Waals surface area contributed by atoms with Crippen molar-refractivity contribution in [2.24, 2.45) is 11.3 Å². The smallest absolute Gasteiger partial charge is 0.416 e. The zero-order chi connectivity index (χ0) is 32.0. The monoisotopic (exact) mass is 606 g/mol. The molecule has 4 aromatic rings. The predicted octanol–water partition coefficient (Wildman–Crippen LogP) is 7.91. The summed E-state index contributed by atoms with van der Waals surface area (Å²) in [5, 5.41) is 19.1. The van der Waals surface area contributed by atoms with Gasteiger partial charge in [-0.1, -0.05) is 55.0 Å².